The van der Waals surface area contributed by atoms with Crippen LogP contribution < -0.4 is 10.1 Å². The Kier molecular flexibility index (Phi) is 6.36. The first-order valence-corrected chi connectivity index (χ1v) is 9.93. The van der Waals surface area contributed by atoms with Crippen LogP contribution in [-0.4, -0.2) is 43.7 Å². The molecule has 0 bridgehead atoms. The van der Waals surface area contributed by atoms with E-state index in [0.717, 1.165) is 6.20 Å². The van der Waals surface area contributed by atoms with E-state index in [1.54, 1.807) is 0 Å². The predicted octanol–water partition coefficient (Wildman–Crippen LogP) is 4.03. The first kappa shape index (κ1) is 22.8. The van der Waals surface area contributed by atoms with Crippen LogP contribution in [0.3, 0.4) is 0 Å². The van der Waals surface area contributed by atoms with E-state index in [9.17, 15) is 30.4 Å². The molecule has 0 aliphatic rings. The topological polar surface area (TPSA) is 81.2 Å². The van der Waals surface area contributed by atoms with Gasteiger partial charge in [-0.1, -0.05) is 6.92 Å². The molecule has 12 heteroatoms. The van der Waals surface area contributed by atoms with Crippen molar-refractivity contribution < 1.29 is 35.1 Å². The van der Waals surface area contributed by atoms with Gasteiger partial charge in [0, 0.05) is 14.0 Å². The lowest BCUT2D eigenvalue weighted by Crippen LogP contribution is -2.20. The van der Waals surface area contributed by atoms with Gasteiger partial charge >= 0.3 is 6.18 Å². The van der Waals surface area contributed by atoms with Gasteiger partial charge in [-0.2, -0.15) is 13.2 Å². The van der Waals surface area contributed by atoms with Crippen molar-refractivity contribution in [3.05, 3.63) is 30.0 Å². The van der Waals surface area contributed by atoms with Crippen molar-refractivity contribution in [3.63, 3.8) is 0 Å². The average Bonchev–Trinajstić information content (AvgIpc) is 2.64. The second-order valence-corrected chi connectivity index (χ2v) is 8.37. The maximum atomic E-state index is 13.3. The number of hydrogen-bond acceptors (Lipinski definition) is 6. The Morgan fingerprint density at radius 3 is 2.28 bits per heavy atom. The van der Waals surface area contributed by atoms with E-state index in [1.807, 2.05) is 0 Å². The second kappa shape index (κ2) is 8.09. The largest absolute Gasteiger partial charge is 0.486 e. The summed E-state index contributed by atoms with van der Waals surface area (Å²) in [7, 11) is -2.87. The molecule has 2 heterocycles. The van der Waals surface area contributed by atoms with Crippen LogP contribution >= 0.6 is 0 Å². The number of nitrogens with one attached hydrogen (secondary N) is 1. The number of halogens is 5. The third kappa shape index (κ3) is 5.52. The molecule has 2 aromatic rings. The van der Waals surface area contributed by atoms with Crippen molar-refractivity contribution in [1.29, 1.82) is 0 Å². The highest BCUT2D eigenvalue weighted by Crippen LogP contribution is 2.38. The SMILES string of the molecule is CCS(=O)(=O)c1cc(C(F)(F)F)c(NC)nc1-c1ccc(OCC(C)(F)F)cn1. The van der Waals surface area contributed by atoms with E-state index in [4.69, 9.17) is 4.74 Å². The number of hydrogen-bond donors (Lipinski definition) is 1. The van der Waals surface area contributed by atoms with Gasteiger partial charge in [0.25, 0.3) is 5.92 Å². The fourth-order valence-electron chi connectivity index (χ4n) is 2.29. The Labute approximate surface area is 164 Å². The number of nitrogens with zero attached hydrogens (tertiary/aromatic N) is 2. The third-order valence-corrected chi connectivity index (χ3v) is 5.46. The van der Waals surface area contributed by atoms with Crippen LogP contribution in [0.25, 0.3) is 11.4 Å². The first-order valence-electron chi connectivity index (χ1n) is 8.28. The Morgan fingerprint density at radius 2 is 1.83 bits per heavy atom. The lowest BCUT2D eigenvalue weighted by atomic mass is 10.2. The molecule has 0 saturated heterocycles. The molecule has 0 spiro atoms. The molecule has 0 saturated carbocycles. The van der Waals surface area contributed by atoms with Gasteiger partial charge in [0.2, 0.25) is 0 Å². The van der Waals surface area contributed by atoms with Crippen molar-refractivity contribution in [1.82, 2.24) is 9.97 Å². The molecule has 0 aromatic carbocycles. The number of rotatable bonds is 7. The smallest absolute Gasteiger partial charge is 0.419 e. The number of pyridine rings is 2. The highest BCUT2D eigenvalue weighted by Gasteiger charge is 2.37. The Hall–Kier alpha value is -2.50. The average molecular weight is 439 g/mol. The van der Waals surface area contributed by atoms with E-state index in [2.05, 4.69) is 15.3 Å². The summed E-state index contributed by atoms with van der Waals surface area (Å²) in [5.41, 5.74) is -1.59. The summed E-state index contributed by atoms with van der Waals surface area (Å²) in [6.07, 6.45) is -3.78. The summed E-state index contributed by atoms with van der Waals surface area (Å²) in [6.45, 7) is 1.06. The first-order chi connectivity index (χ1) is 13.3. The fraction of sp³-hybridized carbons (Fsp3) is 0.412. The highest BCUT2D eigenvalue weighted by atomic mass is 32.2. The van der Waals surface area contributed by atoms with Gasteiger partial charge in [0.1, 0.15) is 17.3 Å². The van der Waals surface area contributed by atoms with E-state index >= 15 is 0 Å². The summed E-state index contributed by atoms with van der Waals surface area (Å²) in [4.78, 5) is 7.11. The zero-order chi connectivity index (χ0) is 22.0. The predicted molar refractivity (Wildman–Crippen MR) is 95.9 cm³/mol. The Morgan fingerprint density at radius 1 is 1.17 bits per heavy atom. The third-order valence-electron chi connectivity index (χ3n) is 3.72. The Bertz CT molecular complexity index is 972. The lowest BCUT2D eigenvalue weighted by Gasteiger charge is -2.17. The van der Waals surface area contributed by atoms with Crippen LogP contribution in [0.1, 0.15) is 19.4 Å². The molecule has 29 heavy (non-hydrogen) atoms. The lowest BCUT2D eigenvalue weighted by molar-refractivity contribution is -0.137. The van der Waals surface area contributed by atoms with Crippen LogP contribution in [-0.2, 0) is 16.0 Å². The minimum absolute atomic E-state index is 0.0177. The Balaban J connectivity index is 2.59. The van der Waals surface area contributed by atoms with Gasteiger partial charge in [-0.15, -0.1) is 0 Å². The van der Waals surface area contributed by atoms with E-state index < -0.39 is 50.6 Å². The van der Waals surface area contributed by atoms with Crippen LogP contribution in [0, 0.1) is 0 Å². The fourth-order valence-corrected chi connectivity index (χ4v) is 3.35. The van der Waals surface area contributed by atoms with Crippen molar-refractivity contribution >= 4 is 15.7 Å². The van der Waals surface area contributed by atoms with E-state index in [-0.39, 0.29) is 17.1 Å². The number of sulfone groups is 1. The molecule has 160 valence electrons. The summed E-state index contributed by atoms with van der Waals surface area (Å²) in [5.74, 6) is -4.12. The molecule has 0 unspecified atom stereocenters. The minimum atomic E-state index is -4.83. The highest BCUT2D eigenvalue weighted by molar-refractivity contribution is 7.91. The molecular formula is C17H18F5N3O3S. The van der Waals surface area contributed by atoms with Crippen molar-refractivity contribution in [2.75, 3.05) is 24.7 Å². The zero-order valence-electron chi connectivity index (χ0n) is 15.6. The molecule has 0 atom stereocenters. The summed E-state index contributed by atoms with van der Waals surface area (Å²) in [5, 5.41) is 2.30. The molecule has 0 aliphatic heterocycles. The van der Waals surface area contributed by atoms with Gasteiger partial charge in [-0.25, -0.2) is 22.2 Å². The molecule has 1 N–H and O–H groups in total. The van der Waals surface area contributed by atoms with Crippen molar-refractivity contribution in [3.8, 4) is 17.1 Å². The minimum Gasteiger partial charge on any atom is -0.486 e. The van der Waals surface area contributed by atoms with E-state index in [1.165, 1.54) is 26.1 Å². The number of anilines is 1. The van der Waals surface area contributed by atoms with Crippen LogP contribution in [0.4, 0.5) is 27.8 Å². The summed E-state index contributed by atoms with van der Waals surface area (Å²) < 4.78 is 95.3. The molecule has 0 aliphatic carbocycles. The van der Waals surface area contributed by atoms with Crippen molar-refractivity contribution in [2.24, 2.45) is 0 Å². The monoisotopic (exact) mass is 439 g/mol. The van der Waals surface area contributed by atoms with Gasteiger partial charge in [0.15, 0.2) is 16.4 Å². The van der Waals surface area contributed by atoms with Gasteiger partial charge in [0.05, 0.1) is 28.1 Å². The zero-order valence-corrected chi connectivity index (χ0v) is 16.5. The van der Waals surface area contributed by atoms with Gasteiger partial charge in [-0.3, -0.25) is 4.98 Å². The van der Waals surface area contributed by atoms with Crippen molar-refractivity contribution in [2.45, 2.75) is 30.8 Å². The molecule has 0 radical (unpaired) electrons. The maximum absolute atomic E-state index is 13.3. The molecule has 0 amide bonds. The quantitative estimate of drug-likeness (QED) is 0.656. The second-order valence-electron chi connectivity index (χ2n) is 6.12. The maximum Gasteiger partial charge on any atom is 0.419 e. The number of aromatic nitrogens is 2. The van der Waals surface area contributed by atoms with Gasteiger partial charge in [-0.05, 0) is 18.2 Å². The molecule has 6 nitrogen and oxygen atoms in total. The standard InChI is InChI=1S/C17H18F5N3O3S/c1-4-29(26,27)13-7-11(17(20,21)22)15(23-3)25-14(13)12-6-5-10(8-24-12)28-9-16(2,18)19/h5-8H,4,9H2,1-3H3,(H,23,25). The van der Waals surface area contributed by atoms with Gasteiger partial charge < -0.3 is 10.1 Å². The number of ether oxygens (including phenoxy) is 1. The van der Waals surface area contributed by atoms with Crippen LogP contribution in [0.15, 0.2) is 29.3 Å². The van der Waals surface area contributed by atoms with Crippen LogP contribution in [0.2, 0.25) is 0 Å². The normalized spacial score (nSPS) is 12.7. The summed E-state index contributed by atoms with van der Waals surface area (Å²) >= 11 is 0. The molecule has 0 fully saturated rings. The molecule has 2 aromatic heterocycles. The summed E-state index contributed by atoms with van der Waals surface area (Å²) in [6, 6.07) is 2.98. The van der Waals surface area contributed by atoms with E-state index in [0.29, 0.717) is 13.0 Å². The molecule has 2 rings (SSSR count). The van der Waals surface area contributed by atoms with Crippen LogP contribution in [0.5, 0.6) is 5.75 Å². The molecular weight excluding hydrogens is 421 g/mol. The number of alkyl halides is 5.